The number of halogens is 2. The van der Waals surface area contributed by atoms with Crippen molar-refractivity contribution in [2.45, 2.75) is 6.92 Å². The number of fused-ring (bicyclic) bond motifs is 1. The average Bonchev–Trinajstić information content (AvgIpc) is 2.77. The predicted molar refractivity (Wildman–Crippen MR) is 68.6 cm³/mol. The number of nitrogens with zero attached hydrogens (tertiary/aromatic N) is 1. The molecular weight excluding hydrogens is 259 g/mol. The molecule has 0 aliphatic heterocycles. The predicted octanol–water partition coefficient (Wildman–Crippen LogP) is 4.44. The van der Waals surface area contributed by atoms with Crippen molar-refractivity contribution in [2.24, 2.45) is 0 Å². The Kier molecular flexibility index (Phi) is 2.38. The minimum absolute atomic E-state index is 0.328. The Morgan fingerprint density at radius 3 is 2.71 bits per heavy atom. The van der Waals surface area contributed by atoms with Crippen LogP contribution in [-0.2, 0) is 0 Å². The lowest BCUT2D eigenvalue weighted by Crippen LogP contribution is -1.74. The van der Waals surface area contributed by atoms with Crippen LogP contribution in [0.4, 0.5) is 0 Å². The Labute approximate surface area is 107 Å². The normalized spacial score (nSPS) is 11.2. The van der Waals surface area contributed by atoms with E-state index in [1.54, 1.807) is 6.92 Å². The molecule has 0 amide bonds. The molecule has 0 spiro atoms. The number of H-pyrrole nitrogens is 1. The lowest BCUT2D eigenvalue weighted by Gasteiger charge is -1.95. The van der Waals surface area contributed by atoms with Crippen molar-refractivity contribution in [3.63, 3.8) is 0 Å². The zero-order valence-corrected chi connectivity index (χ0v) is 10.4. The van der Waals surface area contributed by atoms with Gasteiger partial charge in [-0.2, -0.15) is 0 Å². The van der Waals surface area contributed by atoms with Crippen molar-refractivity contribution in [2.75, 3.05) is 0 Å². The van der Waals surface area contributed by atoms with E-state index < -0.39 is 0 Å². The molecule has 2 aromatic heterocycles. The van der Waals surface area contributed by atoms with Crippen LogP contribution in [0.5, 0.6) is 0 Å². The SMILES string of the molecule is Cc1nc(Cl)c(-c2c(Cl)[nH]c3ccccc23)o1. The fourth-order valence-electron chi connectivity index (χ4n) is 1.89. The molecule has 3 nitrogen and oxygen atoms in total. The first-order chi connectivity index (χ1) is 8.16. The topological polar surface area (TPSA) is 41.8 Å². The van der Waals surface area contributed by atoms with E-state index in [2.05, 4.69) is 9.97 Å². The van der Waals surface area contributed by atoms with E-state index in [1.807, 2.05) is 24.3 Å². The number of nitrogens with one attached hydrogen (secondary N) is 1. The number of hydrogen-bond donors (Lipinski definition) is 1. The van der Waals surface area contributed by atoms with Gasteiger partial charge in [0.25, 0.3) is 0 Å². The minimum Gasteiger partial charge on any atom is -0.439 e. The fraction of sp³-hybridized carbons (Fsp3) is 0.0833. The van der Waals surface area contributed by atoms with E-state index in [4.69, 9.17) is 27.6 Å². The minimum atomic E-state index is 0.328. The van der Waals surface area contributed by atoms with E-state index in [1.165, 1.54) is 0 Å². The molecule has 0 saturated heterocycles. The second-order valence-corrected chi connectivity index (χ2v) is 4.45. The van der Waals surface area contributed by atoms with Gasteiger partial charge in [0.05, 0.1) is 5.56 Å². The third-order valence-corrected chi connectivity index (χ3v) is 3.12. The molecule has 0 aliphatic carbocycles. The highest BCUT2D eigenvalue weighted by Gasteiger charge is 2.19. The van der Waals surface area contributed by atoms with Crippen LogP contribution in [0.1, 0.15) is 5.89 Å². The number of aromatic amines is 1. The van der Waals surface area contributed by atoms with Crippen molar-refractivity contribution in [1.82, 2.24) is 9.97 Å². The van der Waals surface area contributed by atoms with Crippen LogP contribution < -0.4 is 0 Å². The Hall–Kier alpha value is -1.45. The molecule has 86 valence electrons. The van der Waals surface area contributed by atoms with E-state index in [9.17, 15) is 0 Å². The summed E-state index contributed by atoms with van der Waals surface area (Å²) in [5, 5.41) is 1.80. The summed E-state index contributed by atoms with van der Waals surface area (Å²) in [6.45, 7) is 1.75. The summed E-state index contributed by atoms with van der Waals surface area (Å²) in [6.07, 6.45) is 0. The fourth-order valence-corrected chi connectivity index (χ4v) is 2.43. The Balaban J connectivity index is 2.37. The van der Waals surface area contributed by atoms with Crippen molar-refractivity contribution in [1.29, 1.82) is 0 Å². The molecule has 0 aliphatic rings. The monoisotopic (exact) mass is 266 g/mol. The molecule has 0 fully saturated rings. The number of benzene rings is 1. The molecule has 2 heterocycles. The Morgan fingerprint density at radius 2 is 2.00 bits per heavy atom. The van der Waals surface area contributed by atoms with Crippen LogP contribution in [0.2, 0.25) is 10.3 Å². The number of para-hydroxylation sites is 1. The highest BCUT2D eigenvalue weighted by Crippen LogP contribution is 2.39. The summed E-state index contributed by atoms with van der Waals surface area (Å²) in [5.74, 6) is 1.03. The van der Waals surface area contributed by atoms with Crippen LogP contribution in [0, 0.1) is 6.92 Å². The van der Waals surface area contributed by atoms with Gasteiger partial charge in [0.2, 0.25) is 0 Å². The number of rotatable bonds is 1. The zero-order valence-electron chi connectivity index (χ0n) is 8.92. The molecule has 3 rings (SSSR count). The molecule has 17 heavy (non-hydrogen) atoms. The average molecular weight is 267 g/mol. The number of aromatic nitrogens is 2. The quantitative estimate of drug-likeness (QED) is 0.708. The smallest absolute Gasteiger partial charge is 0.193 e. The highest BCUT2D eigenvalue weighted by atomic mass is 35.5. The van der Waals surface area contributed by atoms with Crippen LogP contribution in [0.3, 0.4) is 0 Å². The van der Waals surface area contributed by atoms with Gasteiger partial charge in [-0.05, 0) is 6.07 Å². The van der Waals surface area contributed by atoms with Gasteiger partial charge >= 0.3 is 0 Å². The molecular formula is C12H8Cl2N2O. The molecule has 1 aromatic carbocycles. The van der Waals surface area contributed by atoms with Gasteiger partial charge in [0.15, 0.2) is 16.8 Å². The second kappa shape index (κ2) is 3.79. The molecule has 3 aromatic rings. The standard InChI is InChI=1S/C12H8Cl2N2O/c1-6-15-12(14)10(17-6)9-7-4-2-3-5-8(7)16-11(9)13/h2-5,16H,1H3. The summed E-state index contributed by atoms with van der Waals surface area (Å²) in [7, 11) is 0. The molecule has 0 saturated carbocycles. The molecule has 0 bridgehead atoms. The summed E-state index contributed by atoms with van der Waals surface area (Å²) in [5.41, 5.74) is 1.70. The highest BCUT2D eigenvalue weighted by molar-refractivity contribution is 6.36. The Bertz CT molecular complexity index is 700. The van der Waals surface area contributed by atoms with Crippen LogP contribution >= 0.6 is 23.2 Å². The summed E-state index contributed by atoms with van der Waals surface area (Å²) in [4.78, 5) is 7.12. The van der Waals surface area contributed by atoms with E-state index in [0.29, 0.717) is 22.0 Å². The van der Waals surface area contributed by atoms with Gasteiger partial charge in [-0.1, -0.05) is 41.4 Å². The van der Waals surface area contributed by atoms with Gasteiger partial charge in [0, 0.05) is 17.8 Å². The summed E-state index contributed by atoms with van der Waals surface area (Å²) >= 11 is 12.2. The first-order valence-corrected chi connectivity index (χ1v) is 5.82. The van der Waals surface area contributed by atoms with Crippen molar-refractivity contribution in [3.05, 3.63) is 40.5 Å². The number of oxazole rings is 1. The number of aryl methyl sites for hydroxylation is 1. The molecule has 5 heteroatoms. The van der Waals surface area contributed by atoms with Crippen molar-refractivity contribution < 1.29 is 4.42 Å². The molecule has 1 N–H and O–H groups in total. The van der Waals surface area contributed by atoms with Crippen LogP contribution in [-0.4, -0.2) is 9.97 Å². The largest absolute Gasteiger partial charge is 0.439 e. The maximum absolute atomic E-state index is 6.18. The van der Waals surface area contributed by atoms with Gasteiger partial charge in [-0.3, -0.25) is 0 Å². The summed E-state index contributed by atoms with van der Waals surface area (Å²) < 4.78 is 5.50. The third kappa shape index (κ3) is 1.63. The third-order valence-electron chi connectivity index (χ3n) is 2.58. The lowest BCUT2D eigenvalue weighted by atomic mass is 10.1. The maximum Gasteiger partial charge on any atom is 0.193 e. The van der Waals surface area contributed by atoms with Crippen LogP contribution in [0.15, 0.2) is 28.7 Å². The maximum atomic E-state index is 6.18. The zero-order chi connectivity index (χ0) is 12.0. The van der Waals surface area contributed by atoms with Gasteiger partial charge < -0.3 is 9.40 Å². The van der Waals surface area contributed by atoms with Crippen molar-refractivity contribution >= 4 is 34.1 Å². The van der Waals surface area contributed by atoms with Gasteiger partial charge in [0.1, 0.15) is 5.15 Å². The first-order valence-electron chi connectivity index (χ1n) is 5.06. The molecule has 0 atom stereocenters. The van der Waals surface area contributed by atoms with Gasteiger partial charge in [-0.15, -0.1) is 0 Å². The Morgan fingerprint density at radius 1 is 1.24 bits per heavy atom. The van der Waals surface area contributed by atoms with Crippen molar-refractivity contribution in [3.8, 4) is 11.3 Å². The van der Waals surface area contributed by atoms with E-state index in [0.717, 1.165) is 16.5 Å². The van der Waals surface area contributed by atoms with E-state index >= 15 is 0 Å². The second-order valence-electron chi connectivity index (χ2n) is 3.71. The number of hydrogen-bond acceptors (Lipinski definition) is 2. The first kappa shape index (κ1) is 10.7. The van der Waals surface area contributed by atoms with E-state index in [-0.39, 0.29) is 0 Å². The lowest BCUT2D eigenvalue weighted by molar-refractivity contribution is 0.535. The molecule has 0 radical (unpaired) electrons. The molecule has 0 unspecified atom stereocenters. The van der Waals surface area contributed by atoms with Crippen LogP contribution in [0.25, 0.3) is 22.2 Å². The summed E-state index contributed by atoms with van der Waals surface area (Å²) in [6, 6.07) is 7.78. The van der Waals surface area contributed by atoms with Gasteiger partial charge in [-0.25, -0.2) is 4.98 Å².